The Morgan fingerprint density at radius 1 is 0.903 bits per heavy atom. The molecular formula is C24H22BrClN2O3. The fourth-order valence-corrected chi connectivity index (χ4v) is 3.48. The second kappa shape index (κ2) is 11.0. The monoisotopic (exact) mass is 500 g/mol. The van der Waals surface area contributed by atoms with E-state index >= 15 is 0 Å². The highest BCUT2D eigenvalue weighted by molar-refractivity contribution is 9.10. The summed E-state index contributed by atoms with van der Waals surface area (Å²) < 4.78 is 6.41. The summed E-state index contributed by atoms with van der Waals surface area (Å²) in [5, 5.41) is 6.15. The lowest BCUT2D eigenvalue weighted by molar-refractivity contribution is 0.101. The number of halogens is 2. The van der Waals surface area contributed by atoms with E-state index in [4.69, 9.17) is 16.3 Å². The zero-order valence-electron chi connectivity index (χ0n) is 17.0. The first kappa shape index (κ1) is 22.8. The van der Waals surface area contributed by atoms with Gasteiger partial charge in [0.05, 0.1) is 11.1 Å². The Kier molecular flexibility index (Phi) is 8.09. The molecule has 0 aliphatic heterocycles. The summed E-state index contributed by atoms with van der Waals surface area (Å²) in [4.78, 5) is 25.2. The summed E-state index contributed by atoms with van der Waals surface area (Å²) in [7, 11) is 0. The van der Waals surface area contributed by atoms with Crippen molar-refractivity contribution in [3.05, 3.63) is 87.4 Å². The van der Waals surface area contributed by atoms with Gasteiger partial charge in [-0.1, -0.05) is 37.1 Å². The Morgan fingerprint density at radius 3 is 2.19 bits per heavy atom. The number of nitrogens with one attached hydrogen (secondary N) is 2. The van der Waals surface area contributed by atoms with Crippen molar-refractivity contribution in [1.82, 2.24) is 0 Å². The number of carbonyl (C=O) groups excluding carboxylic acids is 2. The number of unbranched alkanes of at least 4 members (excludes halogenated alkanes) is 1. The van der Waals surface area contributed by atoms with Crippen molar-refractivity contribution in [3.8, 4) is 5.75 Å². The molecule has 0 aromatic heterocycles. The predicted molar refractivity (Wildman–Crippen MR) is 128 cm³/mol. The van der Waals surface area contributed by atoms with Gasteiger partial charge in [-0.2, -0.15) is 0 Å². The first-order valence-electron chi connectivity index (χ1n) is 9.87. The van der Waals surface area contributed by atoms with E-state index in [0.29, 0.717) is 44.4 Å². The molecule has 0 fully saturated rings. The van der Waals surface area contributed by atoms with Gasteiger partial charge in [0, 0.05) is 27.5 Å². The van der Waals surface area contributed by atoms with Crippen molar-refractivity contribution in [1.29, 1.82) is 0 Å². The molecule has 0 unspecified atom stereocenters. The average Bonchev–Trinajstić information content (AvgIpc) is 2.75. The Morgan fingerprint density at radius 2 is 1.55 bits per heavy atom. The van der Waals surface area contributed by atoms with Crippen molar-refractivity contribution in [2.45, 2.75) is 19.8 Å². The molecule has 0 radical (unpaired) electrons. The maximum atomic E-state index is 12.7. The van der Waals surface area contributed by atoms with Crippen LogP contribution < -0.4 is 15.4 Å². The topological polar surface area (TPSA) is 67.4 Å². The molecule has 0 aliphatic rings. The first-order chi connectivity index (χ1) is 15.0. The highest BCUT2D eigenvalue weighted by Gasteiger charge is 2.12. The zero-order valence-corrected chi connectivity index (χ0v) is 19.3. The fourth-order valence-electron chi connectivity index (χ4n) is 2.80. The van der Waals surface area contributed by atoms with E-state index in [0.717, 1.165) is 12.8 Å². The Bertz CT molecular complexity index is 1090. The molecule has 160 valence electrons. The Hall–Kier alpha value is -2.83. The van der Waals surface area contributed by atoms with Crippen LogP contribution in [0.15, 0.2) is 71.2 Å². The largest absolute Gasteiger partial charge is 0.492 e. The van der Waals surface area contributed by atoms with Crippen LogP contribution in [-0.4, -0.2) is 18.4 Å². The fraction of sp³-hybridized carbons (Fsp3) is 0.167. The smallest absolute Gasteiger partial charge is 0.255 e. The Balaban J connectivity index is 1.67. The minimum atomic E-state index is -0.297. The molecule has 2 amide bonds. The maximum Gasteiger partial charge on any atom is 0.255 e. The normalized spacial score (nSPS) is 10.4. The molecular weight excluding hydrogens is 480 g/mol. The quantitative estimate of drug-likeness (QED) is 0.334. The molecule has 0 saturated heterocycles. The summed E-state index contributed by atoms with van der Waals surface area (Å²) >= 11 is 9.41. The van der Waals surface area contributed by atoms with E-state index in [-0.39, 0.29) is 11.8 Å². The second-order valence-electron chi connectivity index (χ2n) is 6.85. The van der Waals surface area contributed by atoms with E-state index in [1.54, 1.807) is 66.7 Å². The van der Waals surface area contributed by atoms with Crippen LogP contribution in [0.25, 0.3) is 0 Å². The third kappa shape index (κ3) is 6.57. The van der Waals surface area contributed by atoms with E-state index in [9.17, 15) is 9.59 Å². The maximum absolute atomic E-state index is 12.7. The molecule has 3 rings (SSSR count). The van der Waals surface area contributed by atoms with Gasteiger partial charge < -0.3 is 15.4 Å². The van der Waals surface area contributed by atoms with Gasteiger partial charge in [0.15, 0.2) is 0 Å². The van der Waals surface area contributed by atoms with E-state index in [2.05, 4.69) is 33.5 Å². The van der Waals surface area contributed by atoms with Gasteiger partial charge in [0.1, 0.15) is 5.75 Å². The van der Waals surface area contributed by atoms with Gasteiger partial charge in [0.25, 0.3) is 11.8 Å². The molecule has 0 heterocycles. The van der Waals surface area contributed by atoms with Gasteiger partial charge in [-0.3, -0.25) is 9.59 Å². The average molecular weight is 502 g/mol. The highest BCUT2D eigenvalue weighted by Crippen LogP contribution is 2.27. The van der Waals surface area contributed by atoms with Crippen LogP contribution in [0, 0.1) is 0 Å². The second-order valence-corrected chi connectivity index (χ2v) is 8.14. The number of amides is 2. The van der Waals surface area contributed by atoms with Crippen LogP contribution in [0.4, 0.5) is 11.4 Å². The van der Waals surface area contributed by atoms with Gasteiger partial charge in [-0.25, -0.2) is 0 Å². The summed E-state index contributed by atoms with van der Waals surface area (Å²) in [6.45, 7) is 2.73. The van der Waals surface area contributed by atoms with Crippen molar-refractivity contribution in [2.24, 2.45) is 0 Å². The van der Waals surface area contributed by atoms with Crippen molar-refractivity contribution >= 4 is 50.7 Å². The molecule has 0 atom stereocenters. The first-order valence-corrected chi connectivity index (χ1v) is 11.0. The number of benzene rings is 3. The third-order valence-corrected chi connectivity index (χ3v) is 5.27. The minimum Gasteiger partial charge on any atom is -0.492 e. The van der Waals surface area contributed by atoms with Crippen LogP contribution in [0.3, 0.4) is 0 Å². The lowest BCUT2D eigenvalue weighted by Gasteiger charge is -2.11. The lowest BCUT2D eigenvalue weighted by Crippen LogP contribution is -2.14. The number of hydrogen-bond acceptors (Lipinski definition) is 3. The number of rotatable bonds is 8. The summed E-state index contributed by atoms with van der Waals surface area (Å²) in [6.07, 6.45) is 2.02. The minimum absolute atomic E-state index is 0.284. The zero-order chi connectivity index (χ0) is 22.2. The van der Waals surface area contributed by atoms with E-state index in [1.165, 1.54) is 0 Å². The van der Waals surface area contributed by atoms with Gasteiger partial charge >= 0.3 is 0 Å². The van der Waals surface area contributed by atoms with Crippen LogP contribution in [0.1, 0.15) is 40.5 Å². The molecule has 2 N–H and O–H groups in total. The molecule has 7 heteroatoms. The van der Waals surface area contributed by atoms with E-state index in [1.807, 2.05) is 0 Å². The molecule has 0 bridgehead atoms. The number of carbonyl (C=O) groups is 2. The Labute approximate surface area is 194 Å². The molecule has 31 heavy (non-hydrogen) atoms. The highest BCUT2D eigenvalue weighted by atomic mass is 79.9. The molecule has 0 saturated carbocycles. The molecule has 0 spiro atoms. The van der Waals surface area contributed by atoms with Crippen LogP contribution in [-0.2, 0) is 0 Å². The summed E-state index contributed by atoms with van der Waals surface area (Å²) in [5.74, 6) is 0.118. The summed E-state index contributed by atoms with van der Waals surface area (Å²) in [5.41, 5.74) is 2.00. The lowest BCUT2D eigenvalue weighted by atomic mass is 10.1. The van der Waals surface area contributed by atoms with Gasteiger partial charge in [-0.05, 0) is 76.9 Å². The number of ether oxygens (including phenoxy) is 1. The van der Waals surface area contributed by atoms with Crippen molar-refractivity contribution in [3.63, 3.8) is 0 Å². The third-order valence-electron chi connectivity index (χ3n) is 4.41. The van der Waals surface area contributed by atoms with Gasteiger partial charge in [-0.15, -0.1) is 0 Å². The molecule has 3 aromatic carbocycles. The number of hydrogen-bond donors (Lipinski definition) is 2. The van der Waals surface area contributed by atoms with Crippen LogP contribution in [0.2, 0.25) is 5.02 Å². The van der Waals surface area contributed by atoms with Crippen LogP contribution in [0.5, 0.6) is 5.75 Å². The number of anilines is 2. The standard InChI is InChI=1S/C24H22BrClN2O3/c1-2-3-12-31-22-11-10-17(14-21(22)25)24(30)27-19-8-4-6-16(13-19)23(29)28-20-9-5-7-18(26)15-20/h4-11,13-15H,2-3,12H2,1H3,(H,27,30)(H,28,29). The molecule has 5 nitrogen and oxygen atoms in total. The van der Waals surface area contributed by atoms with E-state index < -0.39 is 0 Å². The SMILES string of the molecule is CCCCOc1ccc(C(=O)Nc2cccc(C(=O)Nc3cccc(Cl)c3)c2)cc1Br. The predicted octanol–water partition coefficient (Wildman–Crippen LogP) is 6.79. The molecule has 3 aromatic rings. The van der Waals surface area contributed by atoms with Crippen molar-refractivity contribution in [2.75, 3.05) is 17.2 Å². The molecule has 0 aliphatic carbocycles. The van der Waals surface area contributed by atoms with Crippen molar-refractivity contribution < 1.29 is 14.3 Å². The summed E-state index contributed by atoms with van der Waals surface area (Å²) in [6, 6.07) is 18.8. The van der Waals surface area contributed by atoms with Gasteiger partial charge in [0.2, 0.25) is 0 Å². The van der Waals surface area contributed by atoms with Crippen LogP contribution >= 0.6 is 27.5 Å².